The topological polar surface area (TPSA) is 105 Å². The van der Waals surface area contributed by atoms with Crippen molar-refractivity contribution < 1.29 is 19.1 Å². The third-order valence-corrected chi connectivity index (χ3v) is 1.29. The van der Waals surface area contributed by atoms with Crippen molar-refractivity contribution in [1.29, 1.82) is 0 Å². The molecule has 14 heavy (non-hydrogen) atoms. The predicted octanol–water partition coefficient (Wildman–Crippen LogP) is 0.513. The first kappa shape index (κ1) is 12.3. The van der Waals surface area contributed by atoms with Crippen LogP contribution in [0.3, 0.4) is 0 Å². The van der Waals surface area contributed by atoms with Gasteiger partial charge in [-0.15, -0.1) is 0 Å². The minimum Gasteiger partial charge on any atom is -0.445 e. The number of nitrogens with two attached hydrogens (primary N) is 2. The zero-order valence-electron chi connectivity index (χ0n) is 7.99. The van der Waals surface area contributed by atoms with Crippen LogP contribution in [0.5, 0.6) is 0 Å². The second-order valence-corrected chi connectivity index (χ2v) is 2.49. The van der Waals surface area contributed by atoms with Gasteiger partial charge in [-0.05, 0) is 6.42 Å². The molecule has 0 aromatic heterocycles. The number of carbonyl (C=O) groups is 2. The summed E-state index contributed by atoms with van der Waals surface area (Å²) < 4.78 is 9.05. The molecule has 4 N–H and O–H groups in total. The lowest BCUT2D eigenvalue weighted by Crippen LogP contribution is -2.19. The van der Waals surface area contributed by atoms with E-state index < -0.39 is 12.2 Å². The van der Waals surface area contributed by atoms with Gasteiger partial charge in [0.1, 0.15) is 13.2 Å². The third kappa shape index (κ3) is 6.96. The highest BCUT2D eigenvalue weighted by Gasteiger charge is 2.02. The second-order valence-electron chi connectivity index (χ2n) is 2.49. The van der Waals surface area contributed by atoms with Crippen molar-refractivity contribution in [2.75, 3.05) is 13.2 Å². The number of amides is 2. The lowest BCUT2D eigenvalue weighted by atomic mass is 10.2. The van der Waals surface area contributed by atoms with Gasteiger partial charge in [0.15, 0.2) is 0 Å². The fraction of sp³-hybridized carbons (Fsp3) is 0.500. The monoisotopic (exact) mass is 202 g/mol. The van der Waals surface area contributed by atoms with E-state index in [2.05, 4.69) is 9.47 Å². The fourth-order valence-electron chi connectivity index (χ4n) is 0.776. The minimum absolute atomic E-state index is 0.0104. The molecule has 0 radical (unpaired) electrons. The molecule has 0 aromatic carbocycles. The molecule has 0 unspecified atom stereocenters. The van der Waals surface area contributed by atoms with E-state index in [0.29, 0.717) is 5.57 Å². The van der Waals surface area contributed by atoms with Crippen LogP contribution in [-0.2, 0) is 9.47 Å². The van der Waals surface area contributed by atoms with Crippen molar-refractivity contribution in [1.82, 2.24) is 0 Å². The number of ether oxygens (including phenoxy) is 2. The molecule has 0 atom stereocenters. The maximum Gasteiger partial charge on any atom is 0.404 e. The van der Waals surface area contributed by atoms with Gasteiger partial charge in [0.25, 0.3) is 0 Å². The summed E-state index contributed by atoms with van der Waals surface area (Å²) in [6.45, 7) is 1.92. The van der Waals surface area contributed by atoms with Gasteiger partial charge in [-0.25, -0.2) is 9.59 Å². The Hall–Kier alpha value is -1.72. The molecule has 0 aliphatic rings. The maximum atomic E-state index is 10.3. The summed E-state index contributed by atoms with van der Waals surface area (Å²) in [5.41, 5.74) is 10.2. The Bertz CT molecular complexity index is 217. The van der Waals surface area contributed by atoms with Gasteiger partial charge in [-0.3, -0.25) is 0 Å². The minimum atomic E-state index is -0.869. The quantitative estimate of drug-likeness (QED) is 0.633. The van der Waals surface area contributed by atoms with E-state index in [4.69, 9.17) is 11.5 Å². The summed E-state index contributed by atoms with van der Waals surface area (Å²) in [6.07, 6.45) is 0.767. The first-order chi connectivity index (χ1) is 6.56. The van der Waals surface area contributed by atoms with Crippen LogP contribution in [0, 0.1) is 0 Å². The molecule has 2 amide bonds. The smallest absolute Gasteiger partial charge is 0.404 e. The first-order valence-corrected chi connectivity index (χ1v) is 4.08. The molecule has 0 bridgehead atoms. The molecule has 6 heteroatoms. The molecular formula is C8H14N2O4. The van der Waals surface area contributed by atoms with Crippen molar-refractivity contribution >= 4 is 12.2 Å². The summed E-state index contributed by atoms with van der Waals surface area (Å²) in [4.78, 5) is 20.6. The Kier molecular flexibility index (Phi) is 5.93. The first-order valence-electron chi connectivity index (χ1n) is 4.08. The lowest BCUT2D eigenvalue weighted by Gasteiger charge is -2.06. The molecule has 6 nitrogen and oxygen atoms in total. The number of hydrogen-bond acceptors (Lipinski definition) is 4. The predicted molar refractivity (Wildman–Crippen MR) is 49.4 cm³/mol. The second kappa shape index (κ2) is 6.76. The van der Waals surface area contributed by atoms with E-state index in [1.54, 1.807) is 6.08 Å². The van der Waals surface area contributed by atoms with Crippen LogP contribution in [0.15, 0.2) is 11.6 Å². The Balaban J connectivity index is 3.96. The Morgan fingerprint density at radius 2 is 1.57 bits per heavy atom. The zero-order valence-corrected chi connectivity index (χ0v) is 7.99. The summed E-state index contributed by atoms with van der Waals surface area (Å²) in [6, 6.07) is 0. The summed E-state index contributed by atoms with van der Waals surface area (Å²) in [5, 5.41) is 0. The third-order valence-electron chi connectivity index (χ3n) is 1.29. The maximum absolute atomic E-state index is 10.3. The summed E-state index contributed by atoms with van der Waals surface area (Å²) in [5.74, 6) is 0. The highest BCUT2D eigenvalue weighted by Crippen LogP contribution is 1.99. The van der Waals surface area contributed by atoms with Crippen LogP contribution in [0.2, 0.25) is 0 Å². The van der Waals surface area contributed by atoms with Crippen molar-refractivity contribution in [2.45, 2.75) is 13.3 Å². The molecule has 0 fully saturated rings. The summed E-state index contributed by atoms with van der Waals surface area (Å²) >= 11 is 0. The van der Waals surface area contributed by atoms with E-state index >= 15 is 0 Å². The van der Waals surface area contributed by atoms with Crippen LogP contribution in [0.25, 0.3) is 0 Å². The fourth-order valence-corrected chi connectivity index (χ4v) is 0.776. The molecular weight excluding hydrogens is 188 g/mol. The van der Waals surface area contributed by atoms with E-state index in [0.717, 1.165) is 6.42 Å². The van der Waals surface area contributed by atoms with Crippen molar-refractivity contribution in [2.24, 2.45) is 11.5 Å². The van der Waals surface area contributed by atoms with E-state index in [1.165, 1.54) is 0 Å². The van der Waals surface area contributed by atoms with Gasteiger partial charge in [0.2, 0.25) is 0 Å². The largest absolute Gasteiger partial charge is 0.445 e. The summed E-state index contributed by atoms with van der Waals surface area (Å²) in [7, 11) is 0. The van der Waals surface area contributed by atoms with Crippen LogP contribution >= 0.6 is 0 Å². The van der Waals surface area contributed by atoms with Gasteiger partial charge in [-0.2, -0.15) is 0 Å². The molecule has 0 rings (SSSR count). The average molecular weight is 202 g/mol. The normalized spacial score (nSPS) is 8.93. The molecule has 80 valence electrons. The van der Waals surface area contributed by atoms with E-state index in [9.17, 15) is 9.59 Å². The van der Waals surface area contributed by atoms with Gasteiger partial charge < -0.3 is 20.9 Å². The highest BCUT2D eigenvalue weighted by atomic mass is 16.6. The highest BCUT2D eigenvalue weighted by molar-refractivity contribution is 5.65. The van der Waals surface area contributed by atoms with Crippen LogP contribution < -0.4 is 11.5 Å². The van der Waals surface area contributed by atoms with Gasteiger partial charge in [-0.1, -0.05) is 13.0 Å². The standard InChI is InChI=1S/C8H14N2O4/c1-2-3-6(4-13-7(9)11)5-14-8(10)12/h3H,2,4-5H2,1H3,(H2,9,11)(H2,10,12). The number of primary amides is 2. The number of allylic oxidation sites excluding steroid dienone is 1. The molecule has 0 aliphatic carbocycles. The van der Waals surface area contributed by atoms with Gasteiger partial charge in [0.05, 0.1) is 0 Å². The molecule has 0 heterocycles. The van der Waals surface area contributed by atoms with Crippen LogP contribution in [-0.4, -0.2) is 25.4 Å². The number of rotatable bonds is 5. The Morgan fingerprint density at radius 3 is 1.86 bits per heavy atom. The molecule has 0 aromatic rings. The Labute approximate surface area is 81.8 Å². The zero-order chi connectivity index (χ0) is 11.0. The Morgan fingerprint density at radius 1 is 1.14 bits per heavy atom. The number of carbonyl (C=O) groups excluding carboxylic acids is 2. The van der Waals surface area contributed by atoms with E-state index in [1.807, 2.05) is 6.92 Å². The molecule has 0 aliphatic heterocycles. The van der Waals surface area contributed by atoms with Crippen molar-refractivity contribution in [3.05, 3.63) is 11.6 Å². The van der Waals surface area contributed by atoms with Crippen LogP contribution in [0.1, 0.15) is 13.3 Å². The van der Waals surface area contributed by atoms with E-state index in [-0.39, 0.29) is 13.2 Å². The molecule has 0 saturated carbocycles. The molecule has 0 saturated heterocycles. The van der Waals surface area contributed by atoms with Gasteiger partial charge >= 0.3 is 12.2 Å². The molecule has 0 spiro atoms. The van der Waals surface area contributed by atoms with Crippen LogP contribution in [0.4, 0.5) is 9.59 Å². The SMILES string of the molecule is CCC=C(COC(N)=O)COC(N)=O. The lowest BCUT2D eigenvalue weighted by molar-refractivity contribution is 0.149. The van der Waals surface area contributed by atoms with Crippen molar-refractivity contribution in [3.8, 4) is 0 Å². The average Bonchev–Trinajstić information content (AvgIpc) is 2.09. The van der Waals surface area contributed by atoms with Gasteiger partial charge in [0, 0.05) is 5.57 Å². The van der Waals surface area contributed by atoms with Crippen molar-refractivity contribution in [3.63, 3.8) is 0 Å². The number of hydrogen-bond donors (Lipinski definition) is 2.